The summed E-state index contributed by atoms with van der Waals surface area (Å²) in [6.07, 6.45) is 3.44. The lowest BCUT2D eigenvalue weighted by Gasteiger charge is -2.16. The highest BCUT2D eigenvalue weighted by Crippen LogP contribution is 2.26. The third-order valence-electron chi connectivity index (χ3n) is 1.24. The molecule has 1 amide bonds. The van der Waals surface area contributed by atoms with Crippen LogP contribution in [-0.4, -0.2) is 15.9 Å². The molecule has 0 bridgehead atoms. The minimum atomic E-state index is -1.92. The van der Waals surface area contributed by atoms with Crippen LogP contribution >= 0.6 is 34.8 Å². The van der Waals surface area contributed by atoms with Gasteiger partial charge in [0.25, 0.3) is 9.70 Å². The molecule has 0 aromatic rings. The zero-order valence-electron chi connectivity index (χ0n) is 5.89. The predicted octanol–water partition coefficient (Wildman–Crippen LogP) is 1.73. The third-order valence-corrected chi connectivity index (χ3v) is 1.75. The van der Waals surface area contributed by atoms with Crippen LogP contribution in [0.4, 0.5) is 0 Å². The van der Waals surface area contributed by atoms with Gasteiger partial charge >= 0.3 is 0 Å². The largest absolute Gasteiger partial charge is 0.478 e. The first-order valence-electron chi connectivity index (χ1n) is 3.18. The fraction of sp³-hybridized carbons (Fsp3) is 0.500. The van der Waals surface area contributed by atoms with Crippen LogP contribution in [0.3, 0.4) is 0 Å². The quantitative estimate of drug-likeness (QED) is 0.697. The van der Waals surface area contributed by atoms with Crippen molar-refractivity contribution < 1.29 is 9.53 Å². The van der Waals surface area contributed by atoms with E-state index in [0.29, 0.717) is 6.42 Å². The van der Waals surface area contributed by atoms with E-state index in [1.807, 2.05) is 0 Å². The van der Waals surface area contributed by atoms with E-state index in [4.69, 9.17) is 39.5 Å². The second-order valence-corrected chi connectivity index (χ2v) is 4.48. The van der Waals surface area contributed by atoms with Crippen LogP contribution in [0, 0.1) is 0 Å². The smallest absolute Gasteiger partial charge is 0.274 e. The number of hydrogen-bond donors (Lipinski definition) is 1. The Bertz CT molecular complexity index is 203. The summed E-state index contributed by atoms with van der Waals surface area (Å²) in [5.41, 5.74) is 0. The van der Waals surface area contributed by atoms with Gasteiger partial charge in [0.2, 0.25) is 0 Å². The number of rotatable bonds is 1. The zero-order valence-corrected chi connectivity index (χ0v) is 8.16. The van der Waals surface area contributed by atoms with Gasteiger partial charge in [-0.15, -0.1) is 0 Å². The second-order valence-electron chi connectivity index (χ2n) is 2.20. The van der Waals surface area contributed by atoms with Crippen LogP contribution in [0.15, 0.2) is 12.3 Å². The molecule has 0 aromatic carbocycles. The van der Waals surface area contributed by atoms with E-state index in [2.05, 4.69) is 5.32 Å². The summed E-state index contributed by atoms with van der Waals surface area (Å²) in [4.78, 5) is 11.0. The molecule has 1 heterocycles. The van der Waals surface area contributed by atoms with E-state index in [0.717, 1.165) is 0 Å². The molecule has 0 spiro atoms. The molecular weight excluding hydrogens is 224 g/mol. The molecule has 1 atom stereocenters. The summed E-state index contributed by atoms with van der Waals surface area (Å²) >= 11 is 15.9. The van der Waals surface area contributed by atoms with Gasteiger partial charge in [0, 0.05) is 6.42 Å². The monoisotopic (exact) mass is 229 g/mol. The SMILES string of the molecule is O=C(NC1CC=CO1)C(Cl)(Cl)Cl. The second kappa shape index (κ2) is 3.73. The predicted molar refractivity (Wildman–Crippen MR) is 47.1 cm³/mol. The van der Waals surface area contributed by atoms with Crippen molar-refractivity contribution in [3.05, 3.63) is 12.3 Å². The highest BCUT2D eigenvalue weighted by Gasteiger charge is 2.32. The van der Waals surface area contributed by atoms with Crippen molar-refractivity contribution in [1.82, 2.24) is 5.32 Å². The van der Waals surface area contributed by atoms with Crippen LogP contribution in [0.5, 0.6) is 0 Å². The Kier molecular flexibility index (Phi) is 3.09. The highest BCUT2D eigenvalue weighted by molar-refractivity contribution is 6.76. The number of alkyl halides is 3. The van der Waals surface area contributed by atoms with Crippen LogP contribution < -0.4 is 5.32 Å². The first-order valence-corrected chi connectivity index (χ1v) is 4.31. The van der Waals surface area contributed by atoms with Crippen LogP contribution in [0.1, 0.15) is 6.42 Å². The van der Waals surface area contributed by atoms with Gasteiger partial charge < -0.3 is 10.1 Å². The number of ether oxygens (including phenoxy) is 1. The Hall–Kier alpha value is -0.120. The first-order chi connectivity index (χ1) is 5.50. The standard InChI is InChI=1S/C6H6Cl3NO2/c7-6(8,9)5(11)10-4-2-1-3-12-4/h1,3-4H,2H2,(H,10,11). The molecule has 1 rings (SSSR count). The fourth-order valence-electron chi connectivity index (χ4n) is 0.706. The average molecular weight is 230 g/mol. The summed E-state index contributed by atoms with van der Waals surface area (Å²) in [6, 6.07) is 0. The minimum Gasteiger partial charge on any atom is -0.478 e. The van der Waals surface area contributed by atoms with Crippen molar-refractivity contribution in [3.8, 4) is 0 Å². The van der Waals surface area contributed by atoms with Crippen molar-refractivity contribution in [2.75, 3.05) is 0 Å². The number of carbonyl (C=O) groups is 1. The van der Waals surface area contributed by atoms with Gasteiger partial charge in [-0.3, -0.25) is 4.79 Å². The highest BCUT2D eigenvalue weighted by atomic mass is 35.6. The molecule has 1 N–H and O–H groups in total. The number of nitrogens with one attached hydrogen (secondary N) is 1. The molecule has 68 valence electrons. The first kappa shape index (κ1) is 9.96. The summed E-state index contributed by atoms with van der Waals surface area (Å²) in [5.74, 6) is -0.679. The van der Waals surface area contributed by atoms with Crippen molar-refractivity contribution in [1.29, 1.82) is 0 Å². The van der Waals surface area contributed by atoms with Crippen molar-refractivity contribution in [2.24, 2.45) is 0 Å². The molecule has 0 radical (unpaired) electrons. The Morgan fingerprint density at radius 1 is 1.58 bits per heavy atom. The molecule has 1 unspecified atom stereocenters. The molecule has 1 aliphatic rings. The summed E-state index contributed by atoms with van der Waals surface area (Å²) in [6.45, 7) is 0. The third kappa shape index (κ3) is 2.73. The van der Waals surface area contributed by atoms with Gasteiger partial charge in [-0.1, -0.05) is 34.8 Å². The Morgan fingerprint density at radius 2 is 2.25 bits per heavy atom. The van der Waals surface area contributed by atoms with Crippen molar-refractivity contribution in [3.63, 3.8) is 0 Å². The van der Waals surface area contributed by atoms with E-state index in [9.17, 15) is 4.79 Å². The summed E-state index contributed by atoms with van der Waals surface area (Å²) in [7, 11) is 0. The maximum atomic E-state index is 11.0. The van der Waals surface area contributed by atoms with E-state index in [-0.39, 0.29) is 0 Å². The number of carbonyl (C=O) groups excluding carboxylic acids is 1. The van der Waals surface area contributed by atoms with Crippen LogP contribution in [0.25, 0.3) is 0 Å². The Balaban J connectivity index is 2.36. The molecule has 1 aliphatic heterocycles. The molecule has 0 saturated heterocycles. The van der Waals surface area contributed by atoms with Crippen LogP contribution in [-0.2, 0) is 9.53 Å². The number of halogens is 3. The lowest BCUT2D eigenvalue weighted by atomic mass is 10.4. The topological polar surface area (TPSA) is 38.3 Å². The lowest BCUT2D eigenvalue weighted by molar-refractivity contribution is -0.122. The molecule has 0 saturated carbocycles. The van der Waals surface area contributed by atoms with Crippen molar-refractivity contribution in [2.45, 2.75) is 16.4 Å². The van der Waals surface area contributed by atoms with E-state index < -0.39 is 15.9 Å². The molecular formula is C6H6Cl3NO2. The van der Waals surface area contributed by atoms with Gasteiger partial charge in [0.15, 0.2) is 6.23 Å². The Morgan fingerprint density at radius 3 is 2.67 bits per heavy atom. The average Bonchev–Trinajstić information content (AvgIpc) is 2.37. The maximum absolute atomic E-state index is 11.0. The number of amides is 1. The summed E-state index contributed by atoms with van der Waals surface area (Å²) in [5, 5.41) is 2.40. The molecule has 12 heavy (non-hydrogen) atoms. The molecule has 6 heteroatoms. The van der Waals surface area contributed by atoms with Crippen LogP contribution in [0.2, 0.25) is 0 Å². The van der Waals surface area contributed by atoms with Gasteiger partial charge in [-0.2, -0.15) is 0 Å². The maximum Gasteiger partial charge on any atom is 0.274 e. The number of hydrogen-bond acceptors (Lipinski definition) is 2. The normalized spacial score (nSPS) is 22.1. The lowest BCUT2D eigenvalue weighted by Crippen LogP contribution is -2.41. The van der Waals surface area contributed by atoms with Gasteiger partial charge in [-0.25, -0.2) is 0 Å². The van der Waals surface area contributed by atoms with Gasteiger partial charge in [0.1, 0.15) is 0 Å². The fourth-order valence-corrected chi connectivity index (χ4v) is 0.870. The zero-order chi connectivity index (χ0) is 9.19. The Labute approximate surface area is 84.6 Å². The summed E-state index contributed by atoms with van der Waals surface area (Å²) < 4.78 is 3.01. The minimum absolute atomic E-state index is 0.409. The molecule has 0 aliphatic carbocycles. The molecule has 0 aromatic heterocycles. The molecule has 3 nitrogen and oxygen atoms in total. The van der Waals surface area contributed by atoms with Gasteiger partial charge in [0.05, 0.1) is 6.26 Å². The van der Waals surface area contributed by atoms with Crippen molar-refractivity contribution >= 4 is 40.7 Å². The molecule has 0 fully saturated rings. The van der Waals surface area contributed by atoms with E-state index in [1.165, 1.54) is 6.26 Å². The van der Waals surface area contributed by atoms with Gasteiger partial charge in [-0.05, 0) is 6.08 Å². The van der Waals surface area contributed by atoms with E-state index in [1.54, 1.807) is 6.08 Å². The van der Waals surface area contributed by atoms with E-state index >= 15 is 0 Å².